The van der Waals surface area contributed by atoms with E-state index in [1.807, 2.05) is 29.2 Å². The zero-order chi connectivity index (χ0) is 7.94. The molecule has 3 heteroatoms. The van der Waals surface area contributed by atoms with Crippen molar-refractivity contribution in [1.82, 2.24) is 4.68 Å². The van der Waals surface area contributed by atoms with Gasteiger partial charge in [-0.05, 0) is 18.6 Å². The molecule has 0 aliphatic heterocycles. The highest BCUT2D eigenvalue weighted by Gasteiger charge is 1.85. The molecule has 0 atom stereocenters. The van der Waals surface area contributed by atoms with Crippen LogP contribution in [0.1, 0.15) is 6.42 Å². The van der Waals surface area contributed by atoms with E-state index in [0.717, 1.165) is 19.6 Å². The van der Waals surface area contributed by atoms with Gasteiger partial charge in [-0.25, -0.2) is 0 Å². The first kappa shape index (κ1) is 8.14. The van der Waals surface area contributed by atoms with E-state index in [0.29, 0.717) is 0 Å². The quantitative estimate of drug-likeness (QED) is 0.642. The zero-order valence-corrected chi connectivity index (χ0v) is 6.79. The lowest BCUT2D eigenvalue weighted by Crippen LogP contribution is -2.14. The molecule has 0 aromatic carbocycles. The lowest BCUT2D eigenvalue weighted by molar-refractivity contribution is 0.197. The number of hydrogen-bond donors (Lipinski definition) is 1. The normalized spacial score (nSPS) is 9.91. The molecule has 1 heterocycles. The Bertz CT molecular complexity index is 172. The van der Waals surface area contributed by atoms with Crippen LogP contribution < -0.4 is 5.43 Å². The Morgan fingerprint density at radius 3 is 2.73 bits per heavy atom. The molecule has 0 spiro atoms. The van der Waals surface area contributed by atoms with Crippen molar-refractivity contribution in [2.75, 3.05) is 25.7 Å². The van der Waals surface area contributed by atoms with Crippen LogP contribution in [0, 0.1) is 0 Å². The summed E-state index contributed by atoms with van der Waals surface area (Å²) in [5.41, 5.74) is 3.20. The summed E-state index contributed by atoms with van der Waals surface area (Å²) in [6.45, 7) is 1.76. The Morgan fingerprint density at radius 1 is 1.36 bits per heavy atom. The highest BCUT2D eigenvalue weighted by molar-refractivity contribution is 4.92. The van der Waals surface area contributed by atoms with E-state index in [4.69, 9.17) is 4.74 Å². The Kier molecular flexibility index (Phi) is 3.55. The van der Waals surface area contributed by atoms with E-state index in [1.54, 1.807) is 7.11 Å². The number of rotatable bonds is 5. The molecule has 11 heavy (non-hydrogen) atoms. The maximum absolute atomic E-state index is 4.91. The van der Waals surface area contributed by atoms with Crippen molar-refractivity contribution < 1.29 is 4.74 Å². The smallest absolute Gasteiger partial charge is 0.0479 e. The third kappa shape index (κ3) is 3.09. The molecule has 0 amide bonds. The van der Waals surface area contributed by atoms with Gasteiger partial charge in [0.15, 0.2) is 0 Å². The van der Waals surface area contributed by atoms with Gasteiger partial charge < -0.3 is 10.2 Å². The first-order valence-corrected chi connectivity index (χ1v) is 3.79. The molecule has 0 radical (unpaired) electrons. The number of methoxy groups -OCH3 is 1. The maximum atomic E-state index is 4.91. The Hall–Kier alpha value is -0.960. The van der Waals surface area contributed by atoms with E-state index in [1.165, 1.54) is 0 Å². The molecular weight excluding hydrogens is 140 g/mol. The lowest BCUT2D eigenvalue weighted by atomic mass is 10.5. The molecule has 0 saturated carbocycles. The van der Waals surface area contributed by atoms with Crippen molar-refractivity contribution in [1.29, 1.82) is 0 Å². The van der Waals surface area contributed by atoms with Crippen LogP contribution in [0.5, 0.6) is 0 Å². The second-order valence-electron chi connectivity index (χ2n) is 2.34. The van der Waals surface area contributed by atoms with Gasteiger partial charge in [-0.1, -0.05) is 0 Å². The fourth-order valence-electron chi connectivity index (χ4n) is 0.865. The molecular formula is C8H14N2O. The summed E-state index contributed by atoms with van der Waals surface area (Å²) in [5.74, 6) is 0. The van der Waals surface area contributed by atoms with Crippen LogP contribution in [0.4, 0.5) is 0 Å². The van der Waals surface area contributed by atoms with E-state index in [9.17, 15) is 0 Å². The average Bonchev–Trinajstić information content (AvgIpc) is 2.50. The highest BCUT2D eigenvalue weighted by Crippen LogP contribution is 1.85. The van der Waals surface area contributed by atoms with E-state index < -0.39 is 0 Å². The lowest BCUT2D eigenvalue weighted by Gasteiger charge is -2.05. The largest absolute Gasteiger partial charge is 0.385 e. The zero-order valence-electron chi connectivity index (χ0n) is 6.79. The number of nitrogens with zero attached hydrogens (tertiary/aromatic N) is 1. The minimum Gasteiger partial charge on any atom is -0.385 e. The van der Waals surface area contributed by atoms with Gasteiger partial charge >= 0.3 is 0 Å². The summed E-state index contributed by atoms with van der Waals surface area (Å²) >= 11 is 0. The molecule has 0 fully saturated rings. The molecule has 0 bridgehead atoms. The summed E-state index contributed by atoms with van der Waals surface area (Å²) in [4.78, 5) is 0. The van der Waals surface area contributed by atoms with Crippen LogP contribution in [-0.2, 0) is 4.74 Å². The van der Waals surface area contributed by atoms with Gasteiger partial charge in [0.25, 0.3) is 0 Å². The molecule has 0 saturated heterocycles. The molecule has 1 aromatic rings. The molecule has 0 aliphatic rings. The molecule has 0 aliphatic carbocycles. The van der Waals surface area contributed by atoms with Gasteiger partial charge in [-0.15, -0.1) is 0 Å². The van der Waals surface area contributed by atoms with Crippen molar-refractivity contribution in [3.63, 3.8) is 0 Å². The number of hydrogen-bond acceptors (Lipinski definition) is 2. The van der Waals surface area contributed by atoms with Crippen LogP contribution in [0.25, 0.3) is 0 Å². The maximum Gasteiger partial charge on any atom is 0.0479 e. The van der Waals surface area contributed by atoms with Crippen molar-refractivity contribution in [3.05, 3.63) is 24.5 Å². The summed E-state index contributed by atoms with van der Waals surface area (Å²) in [5, 5.41) is 0. The Morgan fingerprint density at radius 2 is 2.09 bits per heavy atom. The minimum absolute atomic E-state index is 0.814. The fourth-order valence-corrected chi connectivity index (χ4v) is 0.865. The second kappa shape index (κ2) is 4.79. The summed E-state index contributed by atoms with van der Waals surface area (Å²) in [7, 11) is 1.72. The van der Waals surface area contributed by atoms with Crippen molar-refractivity contribution in [2.24, 2.45) is 0 Å². The van der Waals surface area contributed by atoms with Gasteiger partial charge in [0, 0.05) is 32.7 Å². The van der Waals surface area contributed by atoms with Crippen LogP contribution >= 0.6 is 0 Å². The standard InChI is InChI=1S/C8H14N2O/c1-11-8-4-5-9-10-6-2-3-7-10/h2-3,6-7,9H,4-5,8H2,1H3. The first-order chi connectivity index (χ1) is 5.43. The van der Waals surface area contributed by atoms with Crippen molar-refractivity contribution in [3.8, 4) is 0 Å². The predicted octanol–water partition coefficient (Wildman–Crippen LogP) is 1.07. The SMILES string of the molecule is COCCCNn1cccc1. The van der Waals surface area contributed by atoms with E-state index >= 15 is 0 Å². The minimum atomic E-state index is 0.814. The van der Waals surface area contributed by atoms with Crippen molar-refractivity contribution >= 4 is 0 Å². The molecule has 3 nitrogen and oxygen atoms in total. The second-order valence-corrected chi connectivity index (χ2v) is 2.34. The topological polar surface area (TPSA) is 26.2 Å². The van der Waals surface area contributed by atoms with Crippen LogP contribution in [-0.4, -0.2) is 24.9 Å². The Labute approximate surface area is 66.9 Å². The van der Waals surface area contributed by atoms with Crippen LogP contribution in [0.3, 0.4) is 0 Å². The molecule has 62 valence electrons. The van der Waals surface area contributed by atoms with Crippen molar-refractivity contribution in [2.45, 2.75) is 6.42 Å². The third-order valence-corrected chi connectivity index (χ3v) is 1.42. The first-order valence-electron chi connectivity index (χ1n) is 3.79. The van der Waals surface area contributed by atoms with Gasteiger partial charge in [0.2, 0.25) is 0 Å². The molecule has 1 aromatic heterocycles. The van der Waals surface area contributed by atoms with Gasteiger partial charge in [0.05, 0.1) is 0 Å². The number of nitrogens with one attached hydrogen (secondary N) is 1. The summed E-state index contributed by atoms with van der Waals surface area (Å²) < 4.78 is 6.85. The summed E-state index contributed by atoms with van der Waals surface area (Å²) in [6, 6.07) is 3.98. The number of aromatic nitrogens is 1. The highest BCUT2D eigenvalue weighted by atomic mass is 16.5. The number of ether oxygens (including phenoxy) is 1. The van der Waals surface area contributed by atoms with Gasteiger partial charge in [-0.2, -0.15) is 0 Å². The average molecular weight is 154 g/mol. The third-order valence-electron chi connectivity index (χ3n) is 1.42. The molecule has 1 rings (SSSR count). The Balaban J connectivity index is 2.04. The van der Waals surface area contributed by atoms with Gasteiger partial charge in [-0.3, -0.25) is 4.68 Å². The van der Waals surface area contributed by atoms with Crippen LogP contribution in [0.15, 0.2) is 24.5 Å². The molecule has 0 unspecified atom stereocenters. The predicted molar refractivity (Wildman–Crippen MR) is 45.2 cm³/mol. The summed E-state index contributed by atoms with van der Waals surface area (Å²) in [6.07, 6.45) is 4.99. The van der Waals surface area contributed by atoms with E-state index in [2.05, 4.69) is 5.43 Å². The van der Waals surface area contributed by atoms with Crippen LogP contribution in [0.2, 0.25) is 0 Å². The fraction of sp³-hybridized carbons (Fsp3) is 0.500. The van der Waals surface area contributed by atoms with Gasteiger partial charge in [0.1, 0.15) is 0 Å². The monoisotopic (exact) mass is 154 g/mol. The van der Waals surface area contributed by atoms with E-state index in [-0.39, 0.29) is 0 Å². The molecule has 1 N–H and O–H groups in total.